The molecule has 1 aromatic rings. The largest absolute Gasteiger partial charge is 0.497 e. The summed E-state index contributed by atoms with van der Waals surface area (Å²) in [6.07, 6.45) is 0. The van der Waals surface area contributed by atoms with Crippen LogP contribution in [0.1, 0.15) is 10.4 Å². The van der Waals surface area contributed by atoms with Crippen molar-refractivity contribution in [2.24, 2.45) is 0 Å². The van der Waals surface area contributed by atoms with E-state index in [-0.39, 0.29) is 0 Å². The average Bonchev–Trinajstić information content (AvgIpc) is 2.47. The summed E-state index contributed by atoms with van der Waals surface area (Å²) in [4.78, 5) is 25.4. The first-order valence-corrected chi connectivity index (χ1v) is 5.78. The molecule has 0 unspecified atom stereocenters. The third-order valence-corrected chi connectivity index (χ3v) is 2.84. The van der Waals surface area contributed by atoms with E-state index in [0.717, 1.165) is 0 Å². The second-order valence-electron chi connectivity index (χ2n) is 3.96. The highest BCUT2D eigenvalue weighted by atomic mass is 16.5. The van der Waals surface area contributed by atoms with Gasteiger partial charge in [0.1, 0.15) is 5.75 Å². The Morgan fingerprint density at radius 1 is 1.17 bits per heavy atom. The molecule has 0 atom stereocenters. The van der Waals surface area contributed by atoms with Crippen molar-refractivity contribution in [3.05, 3.63) is 29.8 Å². The van der Waals surface area contributed by atoms with E-state index in [4.69, 9.17) is 9.47 Å². The van der Waals surface area contributed by atoms with Crippen molar-refractivity contribution >= 4 is 11.7 Å². The molecule has 0 radical (unpaired) electrons. The van der Waals surface area contributed by atoms with Crippen molar-refractivity contribution in [1.29, 1.82) is 0 Å². The van der Waals surface area contributed by atoms with Gasteiger partial charge in [-0.1, -0.05) is 0 Å². The van der Waals surface area contributed by atoms with Crippen LogP contribution in [0.4, 0.5) is 0 Å². The Balaban J connectivity index is 2.07. The molecule has 5 nitrogen and oxygen atoms in total. The standard InChI is InChI=1S/C13H15NO4/c1-17-11-4-2-10(3-5-11)12(15)13(16)14-6-8-18-9-7-14/h2-5H,6-9H2,1H3. The van der Waals surface area contributed by atoms with E-state index in [1.165, 1.54) is 4.90 Å². The summed E-state index contributed by atoms with van der Waals surface area (Å²) in [5, 5.41) is 0. The number of amides is 1. The van der Waals surface area contributed by atoms with Crippen molar-refractivity contribution in [2.45, 2.75) is 0 Å². The molecule has 1 aliphatic rings. The van der Waals surface area contributed by atoms with Crippen LogP contribution in [0.25, 0.3) is 0 Å². The van der Waals surface area contributed by atoms with E-state index in [0.29, 0.717) is 37.6 Å². The Morgan fingerprint density at radius 3 is 2.33 bits per heavy atom. The number of carbonyl (C=O) groups excluding carboxylic acids is 2. The van der Waals surface area contributed by atoms with Gasteiger partial charge >= 0.3 is 0 Å². The molecule has 18 heavy (non-hydrogen) atoms. The first-order valence-electron chi connectivity index (χ1n) is 5.78. The molecule has 0 aromatic heterocycles. The summed E-state index contributed by atoms with van der Waals surface area (Å²) in [6.45, 7) is 1.92. The minimum atomic E-state index is -0.487. The fourth-order valence-electron chi connectivity index (χ4n) is 1.78. The molecule has 0 N–H and O–H groups in total. The van der Waals surface area contributed by atoms with E-state index in [1.807, 2.05) is 0 Å². The Labute approximate surface area is 105 Å². The van der Waals surface area contributed by atoms with Crippen LogP contribution >= 0.6 is 0 Å². The van der Waals surface area contributed by atoms with Gasteiger partial charge in [0, 0.05) is 18.7 Å². The number of methoxy groups -OCH3 is 1. The average molecular weight is 249 g/mol. The smallest absolute Gasteiger partial charge is 0.295 e. The highest BCUT2D eigenvalue weighted by Gasteiger charge is 2.24. The minimum Gasteiger partial charge on any atom is -0.497 e. The van der Waals surface area contributed by atoms with E-state index in [9.17, 15) is 9.59 Å². The molecule has 1 aliphatic heterocycles. The van der Waals surface area contributed by atoms with Gasteiger partial charge in [0.2, 0.25) is 5.78 Å². The second kappa shape index (κ2) is 5.64. The number of ether oxygens (including phenoxy) is 2. The number of ketones is 1. The van der Waals surface area contributed by atoms with Crippen molar-refractivity contribution < 1.29 is 19.1 Å². The van der Waals surface area contributed by atoms with Gasteiger partial charge in [-0.05, 0) is 24.3 Å². The fraction of sp³-hybridized carbons (Fsp3) is 0.385. The van der Waals surface area contributed by atoms with Crippen LogP contribution in [0.3, 0.4) is 0 Å². The molecule has 2 rings (SSSR count). The highest BCUT2D eigenvalue weighted by molar-refractivity contribution is 6.42. The van der Waals surface area contributed by atoms with Crippen LogP contribution in [0.5, 0.6) is 5.75 Å². The van der Waals surface area contributed by atoms with Gasteiger partial charge in [0.25, 0.3) is 5.91 Å². The van der Waals surface area contributed by atoms with Crippen LogP contribution in [-0.4, -0.2) is 50.0 Å². The molecule has 0 spiro atoms. The predicted octanol–water partition coefficient (Wildman–Crippen LogP) is 0.737. The van der Waals surface area contributed by atoms with Crippen molar-refractivity contribution in [3.63, 3.8) is 0 Å². The van der Waals surface area contributed by atoms with Gasteiger partial charge in [0.15, 0.2) is 0 Å². The number of carbonyl (C=O) groups is 2. The zero-order chi connectivity index (χ0) is 13.0. The summed E-state index contributed by atoms with van der Waals surface area (Å²) in [5.41, 5.74) is 0.382. The normalized spacial score (nSPS) is 15.3. The Kier molecular flexibility index (Phi) is 3.94. The number of rotatable bonds is 3. The maximum Gasteiger partial charge on any atom is 0.295 e. The lowest BCUT2D eigenvalue weighted by molar-refractivity contribution is -0.130. The Hall–Kier alpha value is -1.88. The van der Waals surface area contributed by atoms with Gasteiger partial charge in [-0.25, -0.2) is 0 Å². The molecule has 1 heterocycles. The van der Waals surface area contributed by atoms with Crippen molar-refractivity contribution in [2.75, 3.05) is 33.4 Å². The molecule has 1 amide bonds. The zero-order valence-electron chi connectivity index (χ0n) is 10.2. The topological polar surface area (TPSA) is 55.8 Å². The number of benzene rings is 1. The lowest BCUT2D eigenvalue weighted by atomic mass is 10.1. The van der Waals surface area contributed by atoms with Crippen LogP contribution in [0.2, 0.25) is 0 Å². The van der Waals surface area contributed by atoms with Gasteiger partial charge in [-0.2, -0.15) is 0 Å². The zero-order valence-corrected chi connectivity index (χ0v) is 10.2. The maximum absolute atomic E-state index is 12.0. The number of hydrogen-bond acceptors (Lipinski definition) is 4. The van der Waals surface area contributed by atoms with E-state index in [2.05, 4.69) is 0 Å². The molecule has 96 valence electrons. The number of Topliss-reactive ketones (excluding diaryl/α,β-unsaturated/α-hetero) is 1. The number of morpholine rings is 1. The quantitative estimate of drug-likeness (QED) is 0.585. The lowest BCUT2D eigenvalue weighted by Crippen LogP contribution is -2.44. The van der Waals surface area contributed by atoms with E-state index >= 15 is 0 Å². The van der Waals surface area contributed by atoms with Crippen LogP contribution < -0.4 is 4.74 Å². The van der Waals surface area contributed by atoms with Gasteiger partial charge in [-0.15, -0.1) is 0 Å². The number of nitrogens with zero attached hydrogens (tertiary/aromatic N) is 1. The van der Waals surface area contributed by atoms with Crippen LogP contribution in [0.15, 0.2) is 24.3 Å². The van der Waals surface area contributed by atoms with Gasteiger partial charge in [0.05, 0.1) is 20.3 Å². The second-order valence-corrected chi connectivity index (χ2v) is 3.96. The monoisotopic (exact) mass is 249 g/mol. The van der Waals surface area contributed by atoms with E-state index < -0.39 is 11.7 Å². The third-order valence-electron chi connectivity index (χ3n) is 2.84. The maximum atomic E-state index is 12.0. The molecule has 0 aliphatic carbocycles. The third kappa shape index (κ3) is 2.68. The molecule has 0 bridgehead atoms. The summed E-state index contributed by atoms with van der Waals surface area (Å²) < 4.78 is 10.1. The number of hydrogen-bond donors (Lipinski definition) is 0. The van der Waals surface area contributed by atoms with Crippen LogP contribution in [0, 0.1) is 0 Å². The highest BCUT2D eigenvalue weighted by Crippen LogP contribution is 2.13. The Morgan fingerprint density at radius 2 is 1.78 bits per heavy atom. The summed E-state index contributed by atoms with van der Waals surface area (Å²) >= 11 is 0. The molecule has 5 heteroatoms. The molecule has 1 saturated heterocycles. The van der Waals surface area contributed by atoms with Crippen molar-refractivity contribution in [1.82, 2.24) is 4.90 Å². The van der Waals surface area contributed by atoms with E-state index in [1.54, 1.807) is 31.4 Å². The Bertz CT molecular complexity index is 435. The predicted molar refractivity (Wildman–Crippen MR) is 64.7 cm³/mol. The first-order chi connectivity index (χ1) is 8.72. The van der Waals surface area contributed by atoms with Crippen LogP contribution in [-0.2, 0) is 9.53 Å². The summed E-state index contributed by atoms with van der Waals surface area (Å²) in [5.74, 6) is -0.298. The van der Waals surface area contributed by atoms with Gasteiger partial charge in [-0.3, -0.25) is 9.59 Å². The molecule has 1 aromatic carbocycles. The summed E-state index contributed by atoms with van der Waals surface area (Å²) in [6, 6.07) is 6.53. The molecule has 0 saturated carbocycles. The lowest BCUT2D eigenvalue weighted by Gasteiger charge is -2.26. The SMILES string of the molecule is COc1ccc(C(=O)C(=O)N2CCOCC2)cc1. The molecular formula is C13H15NO4. The first kappa shape index (κ1) is 12.6. The summed E-state index contributed by atoms with van der Waals surface area (Å²) in [7, 11) is 1.55. The fourth-order valence-corrected chi connectivity index (χ4v) is 1.78. The van der Waals surface area contributed by atoms with Gasteiger partial charge < -0.3 is 14.4 Å². The molecular weight excluding hydrogens is 234 g/mol. The molecule has 1 fully saturated rings. The minimum absolute atomic E-state index is 0.382. The van der Waals surface area contributed by atoms with Crippen molar-refractivity contribution in [3.8, 4) is 5.75 Å².